The number of sulfonamides is 1. The molecule has 2 aromatic rings. The summed E-state index contributed by atoms with van der Waals surface area (Å²) in [6.07, 6.45) is 0. The van der Waals surface area contributed by atoms with Crippen LogP contribution >= 0.6 is 34.5 Å². The van der Waals surface area contributed by atoms with Crippen LogP contribution in [0.3, 0.4) is 0 Å². The van der Waals surface area contributed by atoms with E-state index in [1.807, 2.05) is 17.5 Å². The molecule has 2 rings (SSSR count). The maximum Gasteiger partial charge on any atom is 0.241 e. The van der Waals surface area contributed by atoms with E-state index in [-0.39, 0.29) is 16.5 Å². The summed E-state index contributed by atoms with van der Waals surface area (Å²) < 4.78 is 27.0. The lowest BCUT2D eigenvalue weighted by atomic mass is 10.2. The van der Waals surface area contributed by atoms with E-state index in [1.54, 1.807) is 13.0 Å². The van der Waals surface area contributed by atoms with Crippen molar-refractivity contribution in [3.8, 4) is 0 Å². The van der Waals surface area contributed by atoms with Crippen LogP contribution in [0.2, 0.25) is 10.0 Å². The van der Waals surface area contributed by atoms with Gasteiger partial charge in [-0.2, -0.15) is 0 Å². The Kier molecular flexibility index (Phi) is 4.53. The van der Waals surface area contributed by atoms with Crippen LogP contribution in [0.15, 0.2) is 34.5 Å². The number of rotatable bonds is 4. The van der Waals surface area contributed by atoms with Crippen molar-refractivity contribution in [2.24, 2.45) is 0 Å². The molecule has 19 heavy (non-hydrogen) atoms. The van der Waals surface area contributed by atoms with E-state index in [9.17, 15) is 8.42 Å². The minimum absolute atomic E-state index is 0.151. The number of thiophene rings is 1. The van der Waals surface area contributed by atoms with Gasteiger partial charge in [0, 0.05) is 11.4 Å². The van der Waals surface area contributed by atoms with Gasteiger partial charge >= 0.3 is 0 Å². The fourth-order valence-corrected chi connectivity index (χ4v) is 4.01. The van der Waals surface area contributed by atoms with Gasteiger partial charge in [-0.15, -0.1) is 11.3 Å². The van der Waals surface area contributed by atoms with Crippen molar-refractivity contribution >= 4 is 44.6 Å². The molecule has 0 unspecified atom stereocenters. The Morgan fingerprint density at radius 1 is 1.26 bits per heavy atom. The first-order valence-corrected chi connectivity index (χ1v) is 8.50. The van der Waals surface area contributed by atoms with Crippen LogP contribution in [0.1, 0.15) is 10.4 Å². The summed E-state index contributed by atoms with van der Waals surface area (Å²) >= 11 is 13.2. The molecule has 0 bridgehead atoms. The summed E-state index contributed by atoms with van der Waals surface area (Å²) in [5.41, 5.74) is 0.563. The second-order valence-corrected chi connectivity index (χ2v) is 7.52. The Morgan fingerprint density at radius 3 is 2.58 bits per heavy atom. The van der Waals surface area contributed by atoms with E-state index in [1.165, 1.54) is 17.4 Å². The molecule has 0 aliphatic rings. The average Bonchev–Trinajstić information content (AvgIpc) is 2.84. The maximum atomic E-state index is 12.2. The third-order valence-electron chi connectivity index (χ3n) is 2.52. The highest BCUT2D eigenvalue weighted by atomic mass is 35.5. The lowest BCUT2D eigenvalue weighted by molar-refractivity contribution is 0.581. The van der Waals surface area contributed by atoms with Crippen molar-refractivity contribution in [1.82, 2.24) is 4.72 Å². The molecule has 102 valence electrons. The average molecular weight is 336 g/mol. The van der Waals surface area contributed by atoms with Crippen LogP contribution in [0, 0.1) is 6.92 Å². The molecular weight excluding hydrogens is 325 g/mol. The first-order chi connectivity index (χ1) is 8.90. The number of benzene rings is 1. The zero-order chi connectivity index (χ0) is 14.0. The summed E-state index contributed by atoms with van der Waals surface area (Å²) in [6, 6.07) is 6.66. The zero-order valence-corrected chi connectivity index (χ0v) is 13.1. The third kappa shape index (κ3) is 3.49. The minimum atomic E-state index is -3.59. The Labute approximate surface area is 126 Å². The van der Waals surface area contributed by atoms with E-state index in [2.05, 4.69) is 4.72 Å². The van der Waals surface area contributed by atoms with Gasteiger partial charge in [0.1, 0.15) is 0 Å². The van der Waals surface area contributed by atoms with Crippen molar-refractivity contribution in [3.63, 3.8) is 0 Å². The molecule has 1 N–H and O–H groups in total. The molecule has 0 saturated heterocycles. The van der Waals surface area contributed by atoms with Gasteiger partial charge < -0.3 is 0 Å². The molecule has 0 aliphatic carbocycles. The molecule has 0 fully saturated rings. The standard InChI is InChI=1S/C12H11Cl2NO2S2/c1-8-5-10(13)11(14)6-12(8)19(16,17)15-7-9-3-2-4-18-9/h2-6,15H,7H2,1H3. The monoisotopic (exact) mass is 335 g/mol. The van der Waals surface area contributed by atoms with E-state index >= 15 is 0 Å². The Bertz CT molecular complexity index is 682. The van der Waals surface area contributed by atoms with Crippen LogP contribution in [-0.4, -0.2) is 8.42 Å². The molecule has 0 aliphatic heterocycles. The number of halogens is 2. The second-order valence-electron chi connectivity index (χ2n) is 3.94. The van der Waals surface area contributed by atoms with Crippen molar-refractivity contribution < 1.29 is 8.42 Å². The first kappa shape index (κ1) is 14.8. The summed E-state index contributed by atoms with van der Waals surface area (Å²) in [7, 11) is -3.59. The van der Waals surface area contributed by atoms with Gasteiger partial charge in [0.15, 0.2) is 0 Å². The van der Waals surface area contributed by atoms with Gasteiger partial charge in [0.25, 0.3) is 0 Å². The van der Waals surface area contributed by atoms with Crippen molar-refractivity contribution in [3.05, 3.63) is 50.1 Å². The summed E-state index contributed by atoms with van der Waals surface area (Å²) in [6.45, 7) is 1.95. The van der Waals surface area contributed by atoms with Crippen molar-refractivity contribution in [2.75, 3.05) is 0 Å². The van der Waals surface area contributed by atoms with Crippen LogP contribution in [0.25, 0.3) is 0 Å². The third-order valence-corrected chi connectivity index (χ3v) is 5.67. The van der Waals surface area contributed by atoms with Crippen LogP contribution in [0.4, 0.5) is 0 Å². The van der Waals surface area contributed by atoms with Gasteiger partial charge in [0.05, 0.1) is 14.9 Å². The van der Waals surface area contributed by atoms with Gasteiger partial charge in [-0.1, -0.05) is 29.3 Å². The largest absolute Gasteiger partial charge is 0.241 e. The second kappa shape index (κ2) is 5.81. The molecule has 0 amide bonds. The Hall–Kier alpha value is -0.590. The van der Waals surface area contributed by atoms with E-state index < -0.39 is 10.0 Å². The number of hydrogen-bond acceptors (Lipinski definition) is 3. The number of aryl methyl sites for hydroxylation is 1. The summed E-state index contributed by atoms with van der Waals surface area (Å²) in [5.74, 6) is 0. The van der Waals surface area contributed by atoms with Gasteiger partial charge in [0.2, 0.25) is 10.0 Å². The van der Waals surface area contributed by atoms with Gasteiger partial charge in [-0.05, 0) is 36.1 Å². The molecule has 0 atom stereocenters. The highest BCUT2D eigenvalue weighted by Crippen LogP contribution is 2.28. The Morgan fingerprint density at radius 2 is 1.95 bits per heavy atom. The molecule has 0 radical (unpaired) electrons. The molecule has 0 saturated carbocycles. The quantitative estimate of drug-likeness (QED) is 0.922. The summed E-state index contributed by atoms with van der Waals surface area (Å²) in [4.78, 5) is 1.10. The van der Waals surface area contributed by atoms with Crippen molar-refractivity contribution in [1.29, 1.82) is 0 Å². The fraction of sp³-hybridized carbons (Fsp3) is 0.167. The minimum Gasteiger partial charge on any atom is -0.207 e. The van der Waals surface area contributed by atoms with Crippen LogP contribution in [0.5, 0.6) is 0 Å². The van der Waals surface area contributed by atoms with Gasteiger partial charge in [-0.25, -0.2) is 13.1 Å². The molecule has 1 aromatic heterocycles. The van der Waals surface area contributed by atoms with Crippen LogP contribution in [-0.2, 0) is 16.6 Å². The van der Waals surface area contributed by atoms with E-state index in [0.29, 0.717) is 10.6 Å². The van der Waals surface area contributed by atoms with Crippen molar-refractivity contribution in [2.45, 2.75) is 18.4 Å². The lowest BCUT2D eigenvalue weighted by Gasteiger charge is -2.10. The van der Waals surface area contributed by atoms with E-state index in [4.69, 9.17) is 23.2 Å². The first-order valence-electron chi connectivity index (χ1n) is 5.38. The maximum absolute atomic E-state index is 12.2. The number of hydrogen-bond donors (Lipinski definition) is 1. The fourth-order valence-electron chi connectivity index (χ4n) is 1.57. The van der Waals surface area contributed by atoms with E-state index in [0.717, 1.165) is 4.88 Å². The predicted molar refractivity (Wildman–Crippen MR) is 79.5 cm³/mol. The highest BCUT2D eigenvalue weighted by Gasteiger charge is 2.18. The molecule has 7 heteroatoms. The lowest BCUT2D eigenvalue weighted by Crippen LogP contribution is -2.23. The molecular formula is C12H11Cl2NO2S2. The molecule has 1 aromatic carbocycles. The zero-order valence-electron chi connectivity index (χ0n) is 9.98. The number of nitrogens with one attached hydrogen (secondary N) is 1. The predicted octanol–water partition coefficient (Wildman–Crippen LogP) is 3.84. The molecule has 3 nitrogen and oxygen atoms in total. The Balaban J connectivity index is 2.27. The van der Waals surface area contributed by atoms with Gasteiger partial charge in [-0.3, -0.25) is 0 Å². The van der Waals surface area contributed by atoms with Crippen LogP contribution < -0.4 is 4.72 Å². The smallest absolute Gasteiger partial charge is 0.207 e. The topological polar surface area (TPSA) is 46.2 Å². The SMILES string of the molecule is Cc1cc(Cl)c(Cl)cc1S(=O)(=O)NCc1cccs1. The summed E-state index contributed by atoms with van der Waals surface area (Å²) in [5, 5.41) is 2.47. The molecule has 1 heterocycles. The normalized spacial score (nSPS) is 11.7. The highest BCUT2D eigenvalue weighted by molar-refractivity contribution is 7.89. The molecule has 0 spiro atoms.